The van der Waals surface area contributed by atoms with Crippen molar-refractivity contribution in [3.63, 3.8) is 0 Å². The zero-order chi connectivity index (χ0) is 24.6. The van der Waals surface area contributed by atoms with Gasteiger partial charge >= 0.3 is 0 Å². The first-order valence-electron chi connectivity index (χ1n) is 11.8. The molecule has 1 saturated heterocycles. The quantitative estimate of drug-likeness (QED) is 0.497. The number of nitrogens with one attached hydrogen (secondary N) is 2. The fraction of sp³-hybridized carbons (Fsp3) is 0.286. The van der Waals surface area contributed by atoms with Gasteiger partial charge in [0.15, 0.2) is 0 Å². The second kappa shape index (κ2) is 11.6. The molecule has 1 aliphatic rings. The van der Waals surface area contributed by atoms with Crippen molar-refractivity contribution in [1.82, 2.24) is 4.90 Å². The highest BCUT2D eigenvalue weighted by Crippen LogP contribution is 2.28. The Kier molecular flexibility index (Phi) is 8.13. The van der Waals surface area contributed by atoms with Gasteiger partial charge < -0.3 is 20.1 Å². The smallest absolute Gasteiger partial charge is 0.255 e. The van der Waals surface area contributed by atoms with Gasteiger partial charge in [-0.05, 0) is 48.2 Å². The van der Waals surface area contributed by atoms with E-state index in [0.717, 1.165) is 37.1 Å². The normalized spacial score (nSPS) is 14.3. The molecular formula is C28H31N3O4. The average Bonchev–Trinajstić information content (AvgIpc) is 2.90. The van der Waals surface area contributed by atoms with Crippen molar-refractivity contribution in [2.75, 3.05) is 44.5 Å². The number of piperidine rings is 1. The SMILES string of the molecule is COc1ccc(NC(=O)c2ccc(-c3ccccc3)cc2)c(NC(=O)CN2CCC(OC)CC2)c1. The van der Waals surface area contributed by atoms with Crippen LogP contribution in [0.15, 0.2) is 72.8 Å². The number of nitrogens with zero attached hydrogens (tertiary/aromatic N) is 1. The summed E-state index contributed by atoms with van der Waals surface area (Å²) in [5, 5.41) is 5.86. The second-order valence-corrected chi connectivity index (χ2v) is 8.57. The van der Waals surface area contributed by atoms with Crippen molar-refractivity contribution in [3.05, 3.63) is 78.4 Å². The van der Waals surface area contributed by atoms with Crippen LogP contribution in [0.2, 0.25) is 0 Å². The lowest BCUT2D eigenvalue weighted by atomic mass is 10.0. The molecule has 0 bridgehead atoms. The molecule has 2 N–H and O–H groups in total. The number of amides is 2. The molecule has 0 radical (unpaired) electrons. The number of carbonyl (C=O) groups is 2. The van der Waals surface area contributed by atoms with Gasteiger partial charge in [-0.25, -0.2) is 0 Å². The fourth-order valence-corrected chi connectivity index (χ4v) is 4.20. The van der Waals surface area contributed by atoms with E-state index in [4.69, 9.17) is 9.47 Å². The predicted octanol–water partition coefficient (Wildman–Crippen LogP) is 4.66. The Bertz CT molecular complexity index is 1140. The highest BCUT2D eigenvalue weighted by Gasteiger charge is 2.21. The van der Waals surface area contributed by atoms with Crippen LogP contribution in [-0.2, 0) is 9.53 Å². The molecular weight excluding hydrogens is 442 g/mol. The third-order valence-electron chi connectivity index (χ3n) is 6.24. The molecule has 7 heteroatoms. The molecule has 0 aromatic heterocycles. The lowest BCUT2D eigenvalue weighted by molar-refractivity contribution is -0.117. The third kappa shape index (κ3) is 6.47. The highest BCUT2D eigenvalue weighted by molar-refractivity contribution is 6.07. The van der Waals surface area contributed by atoms with Crippen LogP contribution in [0.25, 0.3) is 11.1 Å². The average molecular weight is 474 g/mol. The van der Waals surface area contributed by atoms with Gasteiger partial charge in [0.25, 0.3) is 5.91 Å². The van der Waals surface area contributed by atoms with Crippen LogP contribution in [-0.4, -0.2) is 56.7 Å². The molecule has 182 valence electrons. The van der Waals surface area contributed by atoms with Crippen molar-refractivity contribution in [2.24, 2.45) is 0 Å². The summed E-state index contributed by atoms with van der Waals surface area (Å²) in [7, 11) is 3.29. The summed E-state index contributed by atoms with van der Waals surface area (Å²) in [5.41, 5.74) is 3.66. The van der Waals surface area contributed by atoms with Gasteiger partial charge in [0, 0.05) is 31.8 Å². The maximum atomic E-state index is 13.0. The molecule has 3 aromatic carbocycles. The Morgan fingerprint density at radius 1 is 0.857 bits per heavy atom. The van der Waals surface area contributed by atoms with Crippen LogP contribution in [0.1, 0.15) is 23.2 Å². The topological polar surface area (TPSA) is 79.9 Å². The summed E-state index contributed by atoms with van der Waals surface area (Å²) < 4.78 is 10.7. The summed E-state index contributed by atoms with van der Waals surface area (Å²) >= 11 is 0. The van der Waals surface area contributed by atoms with Gasteiger partial charge in [-0.1, -0.05) is 42.5 Å². The minimum Gasteiger partial charge on any atom is -0.497 e. The first-order chi connectivity index (χ1) is 17.1. The number of likely N-dealkylation sites (tertiary alicyclic amines) is 1. The van der Waals surface area contributed by atoms with E-state index in [2.05, 4.69) is 15.5 Å². The molecule has 0 aliphatic carbocycles. The number of hydrogen-bond donors (Lipinski definition) is 2. The molecule has 1 heterocycles. The van der Waals surface area contributed by atoms with Crippen LogP contribution >= 0.6 is 0 Å². The number of carbonyl (C=O) groups excluding carboxylic acids is 2. The maximum absolute atomic E-state index is 13.0. The number of benzene rings is 3. The van der Waals surface area contributed by atoms with Gasteiger partial charge in [-0.15, -0.1) is 0 Å². The van der Waals surface area contributed by atoms with E-state index in [1.165, 1.54) is 0 Å². The Balaban J connectivity index is 1.43. The Morgan fingerprint density at radius 2 is 1.54 bits per heavy atom. The molecule has 1 aliphatic heterocycles. The summed E-state index contributed by atoms with van der Waals surface area (Å²) in [6, 6.07) is 22.6. The van der Waals surface area contributed by atoms with E-state index in [1.54, 1.807) is 44.6 Å². The van der Waals surface area contributed by atoms with Crippen molar-refractivity contribution >= 4 is 23.2 Å². The molecule has 0 saturated carbocycles. The number of ether oxygens (including phenoxy) is 2. The van der Waals surface area contributed by atoms with Gasteiger partial charge in [0.2, 0.25) is 5.91 Å². The molecule has 0 atom stereocenters. The maximum Gasteiger partial charge on any atom is 0.255 e. The van der Waals surface area contributed by atoms with Crippen LogP contribution in [0.4, 0.5) is 11.4 Å². The fourth-order valence-electron chi connectivity index (χ4n) is 4.20. The first-order valence-corrected chi connectivity index (χ1v) is 11.8. The van der Waals surface area contributed by atoms with Gasteiger partial charge in [0.1, 0.15) is 5.75 Å². The summed E-state index contributed by atoms with van der Waals surface area (Å²) in [6.45, 7) is 1.90. The second-order valence-electron chi connectivity index (χ2n) is 8.57. The van der Waals surface area contributed by atoms with Crippen LogP contribution in [0, 0.1) is 0 Å². The third-order valence-corrected chi connectivity index (χ3v) is 6.24. The Morgan fingerprint density at radius 3 is 2.20 bits per heavy atom. The highest BCUT2D eigenvalue weighted by atomic mass is 16.5. The van der Waals surface area contributed by atoms with Gasteiger partial charge in [0.05, 0.1) is 31.1 Å². The van der Waals surface area contributed by atoms with Crippen molar-refractivity contribution in [2.45, 2.75) is 18.9 Å². The molecule has 35 heavy (non-hydrogen) atoms. The van der Waals surface area contributed by atoms with Crippen molar-refractivity contribution in [1.29, 1.82) is 0 Å². The zero-order valence-electron chi connectivity index (χ0n) is 20.1. The van der Waals surface area contributed by atoms with E-state index in [1.807, 2.05) is 42.5 Å². The molecule has 7 nitrogen and oxygen atoms in total. The van der Waals surface area contributed by atoms with Crippen molar-refractivity contribution in [3.8, 4) is 16.9 Å². The number of methoxy groups -OCH3 is 2. The summed E-state index contributed by atoms with van der Waals surface area (Å²) in [5.74, 6) is 0.190. The minimum absolute atomic E-state index is 0.142. The lowest BCUT2D eigenvalue weighted by Gasteiger charge is -2.30. The largest absolute Gasteiger partial charge is 0.497 e. The summed E-state index contributed by atoms with van der Waals surface area (Å²) in [6.07, 6.45) is 2.08. The predicted molar refractivity (Wildman–Crippen MR) is 138 cm³/mol. The van der Waals surface area contributed by atoms with Crippen molar-refractivity contribution < 1.29 is 19.1 Å². The monoisotopic (exact) mass is 473 g/mol. The first kappa shape index (κ1) is 24.4. The van der Waals surface area contributed by atoms with Crippen LogP contribution < -0.4 is 15.4 Å². The molecule has 1 fully saturated rings. The van der Waals surface area contributed by atoms with E-state index in [9.17, 15) is 9.59 Å². The molecule has 0 unspecified atom stereocenters. The minimum atomic E-state index is -0.257. The standard InChI is InChI=1S/C28H31N3O4/c1-34-23-14-16-31(17-15-23)19-27(32)29-26-18-24(35-2)12-13-25(26)30-28(33)22-10-8-21(9-11-22)20-6-4-3-5-7-20/h3-13,18,23H,14-17,19H2,1-2H3,(H,29,32)(H,30,33). The number of rotatable bonds is 8. The number of anilines is 2. The summed E-state index contributed by atoms with van der Waals surface area (Å²) in [4.78, 5) is 27.8. The molecule has 0 spiro atoms. The molecule has 2 amide bonds. The Labute approximate surface area is 206 Å². The lowest BCUT2D eigenvalue weighted by Crippen LogP contribution is -2.41. The molecule has 3 aromatic rings. The van der Waals surface area contributed by atoms with E-state index in [-0.39, 0.29) is 24.5 Å². The Hall–Kier alpha value is -3.68. The zero-order valence-corrected chi connectivity index (χ0v) is 20.1. The van der Waals surface area contributed by atoms with E-state index < -0.39 is 0 Å². The number of hydrogen-bond acceptors (Lipinski definition) is 5. The van der Waals surface area contributed by atoms with Crippen LogP contribution in [0.3, 0.4) is 0 Å². The van der Waals surface area contributed by atoms with Crippen LogP contribution in [0.5, 0.6) is 5.75 Å². The van der Waals surface area contributed by atoms with E-state index >= 15 is 0 Å². The van der Waals surface area contributed by atoms with Gasteiger partial charge in [-0.2, -0.15) is 0 Å². The molecule has 4 rings (SSSR count). The van der Waals surface area contributed by atoms with E-state index in [0.29, 0.717) is 22.7 Å². The van der Waals surface area contributed by atoms with Gasteiger partial charge in [-0.3, -0.25) is 14.5 Å².